The molecule has 0 atom stereocenters. The van der Waals surface area contributed by atoms with Gasteiger partial charge < -0.3 is 14.5 Å². The molecule has 128 valence electrons. The van der Waals surface area contributed by atoms with Crippen LogP contribution in [0.5, 0.6) is 5.75 Å². The van der Waals surface area contributed by atoms with Crippen LogP contribution in [0, 0.1) is 5.82 Å². The molecule has 6 heteroatoms. The maximum atomic E-state index is 12.9. The van der Waals surface area contributed by atoms with E-state index in [0.717, 1.165) is 43.4 Å². The van der Waals surface area contributed by atoms with E-state index in [1.807, 2.05) is 12.1 Å². The standard InChI is InChI=1S/C19H19FN4O/c20-16-1-3-17(4-2-16)25-14-13-24-12-11-23-10-7-18(22-19(23)24)15-5-8-21-9-6-15/h1-9H,10-14H2. The minimum Gasteiger partial charge on any atom is -0.492 e. The van der Waals surface area contributed by atoms with Crippen molar-refractivity contribution in [1.29, 1.82) is 0 Å². The van der Waals surface area contributed by atoms with Crippen LogP contribution in [-0.4, -0.2) is 53.5 Å². The molecule has 0 N–H and O–H groups in total. The lowest BCUT2D eigenvalue weighted by Gasteiger charge is -2.26. The zero-order chi connectivity index (χ0) is 17.1. The van der Waals surface area contributed by atoms with E-state index < -0.39 is 0 Å². The molecule has 0 aliphatic carbocycles. The molecule has 2 aliphatic heterocycles. The molecule has 1 fully saturated rings. The van der Waals surface area contributed by atoms with Crippen LogP contribution in [0.4, 0.5) is 4.39 Å². The molecule has 0 saturated carbocycles. The Kier molecular flexibility index (Phi) is 4.33. The number of aromatic nitrogens is 1. The van der Waals surface area contributed by atoms with Crippen molar-refractivity contribution in [3.8, 4) is 5.75 Å². The van der Waals surface area contributed by atoms with Gasteiger partial charge in [-0.15, -0.1) is 0 Å². The maximum absolute atomic E-state index is 12.9. The lowest BCUT2D eigenvalue weighted by Crippen LogP contribution is -2.37. The molecule has 0 spiro atoms. The number of aliphatic imine (C=N–C) groups is 1. The maximum Gasteiger partial charge on any atom is 0.202 e. The summed E-state index contributed by atoms with van der Waals surface area (Å²) in [6.45, 7) is 4.05. The van der Waals surface area contributed by atoms with Gasteiger partial charge in [0, 0.05) is 37.6 Å². The van der Waals surface area contributed by atoms with Crippen LogP contribution in [0.1, 0.15) is 5.56 Å². The van der Waals surface area contributed by atoms with Crippen LogP contribution < -0.4 is 4.74 Å². The topological polar surface area (TPSA) is 41.0 Å². The quantitative estimate of drug-likeness (QED) is 0.840. The molecule has 5 nitrogen and oxygen atoms in total. The SMILES string of the molecule is Fc1ccc(OCCN2CCN3CC=C(c4ccncc4)N=C32)cc1. The summed E-state index contributed by atoms with van der Waals surface area (Å²) in [7, 11) is 0. The van der Waals surface area contributed by atoms with Crippen LogP contribution in [-0.2, 0) is 0 Å². The number of benzene rings is 1. The van der Waals surface area contributed by atoms with Gasteiger partial charge in [-0.05, 0) is 42.5 Å². The normalized spacial score (nSPS) is 16.4. The van der Waals surface area contributed by atoms with Crippen molar-refractivity contribution in [1.82, 2.24) is 14.8 Å². The molecular weight excluding hydrogens is 319 g/mol. The van der Waals surface area contributed by atoms with Crippen LogP contribution in [0.15, 0.2) is 59.9 Å². The summed E-state index contributed by atoms with van der Waals surface area (Å²) in [5.41, 5.74) is 2.07. The highest BCUT2D eigenvalue weighted by Crippen LogP contribution is 2.23. The minimum atomic E-state index is -0.255. The monoisotopic (exact) mass is 338 g/mol. The van der Waals surface area contributed by atoms with Crippen molar-refractivity contribution in [3.05, 3.63) is 66.2 Å². The third-order valence-corrected chi connectivity index (χ3v) is 4.35. The van der Waals surface area contributed by atoms with Crippen LogP contribution in [0.2, 0.25) is 0 Å². The number of halogens is 1. The summed E-state index contributed by atoms with van der Waals surface area (Å²) in [5.74, 6) is 1.42. The van der Waals surface area contributed by atoms with E-state index in [-0.39, 0.29) is 5.82 Å². The van der Waals surface area contributed by atoms with Crippen molar-refractivity contribution in [3.63, 3.8) is 0 Å². The Balaban J connectivity index is 1.40. The predicted molar refractivity (Wildman–Crippen MR) is 94.7 cm³/mol. The van der Waals surface area contributed by atoms with E-state index in [1.165, 1.54) is 12.1 Å². The van der Waals surface area contributed by atoms with E-state index >= 15 is 0 Å². The zero-order valence-electron chi connectivity index (χ0n) is 13.8. The molecule has 1 aromatic heterocycles. The van der Waals surface area contributed by atoms with Crippen molar-refractivity contribution in [2.24, 2.45) is 4.99 Å². The first-order valence-electron chi connectivity index (χ1n) is 8.37. The Morgan fingerprint density at radius 3 is 2.64 bits per heavy atom. The Hall–Kier alpha value is -2.89. The first-order chi connectivity index (χ1) is 12.3. The molecule has 4 rings (SSSR count). The number of hydrogen-bond donors (Lipinski definition) is 0. The van der Waals surface area contributed by atoms with Gasteiger partial charge in [-0.25, -0.2) is 9.38 Å². The Morgan fingerprint density at radius 1 is 1.04 bits per heavy atom. The van der Waals surface area contributed by atoms with Gasteiger partial charge in [-0.3, -0.25) is 4.98 Å². The van der Waals surface area contributed by atoms with Gasteiger partial charge >= 0.3 is 0 Å². The summed E-state index contributed by atoms with van der Waals surface area (Å²) in [5, 5.41) is 0. The number of guanidine groups is 1. The second-order valence-electron chi connectivity index (χ2n) is 5.97. The molecule has 0 radical (unpaired) electrons. The van der Waals surface area contributed by atoms with Gasteiger partial charge in [0.05, 0.1) is 12.2 Å². The van der Waals surface area contributed by atoms with E-state index in [4.69, 9.17) is 9.73 Å². The molecule has 3 heterocycles. The molecular formula is C19H19FN4O. The molecule has 0 bridgehead atoms. The number of rotatable bonds is 5. The van der Waals surface area contributed by atoms with Gasteiger partial charge in [0.25, 0.3) is 0 Å². The predicted octanol–water partition coefficient (Wildman–Crippen LogP) is 2.63. The second-order valence-corrected chi connectivity index (χ2v) is 5.97. The molecule has 2 aromatic rings. The van der Waals surface area contributed by atoms with E-state index in [1.54, 1.807) is 24.5 Å². The van der Waals surface area contributed by atoms with Crippen LogP contribution in [0.3, 0.4) is 0 Å². The largest absolute Gasteiger partial charge is 0.492 e. The Labute approximate surface area is 146 Å². The van der Waals surface area contributed by atoms with Gasteiger partial charge in [0.15, 0.2) is 0 Å². The average Bonchev–Trinajstić information content (AvgIpc) is 3.06. The summed E-state index contributed by atoms with van der Waals surface area (Å²) in [6.07, 6.45) is 5.72. The zero-order valence-corrected chi connectivity index (χ0v) is 13.8. The highest BCUT2D eigenvalue weighted by atomic mass is 19.1. The Bertz CT molecular complexity index is 789. The van der Waals surface area contributed by atoms with Gasteiger partial charge in [-0.1, -0.05) is 0 Å². The molecule has 0 unspecified atom stereocenters. The lowest BCUT2D eigenvalue weighted by molar-refractivity contribution is 0.276. The molecule has 25 heavy (non-hydrogen) atoms. The molecule has 1 aromatic carbocycles. The highest BCUT2D eigenvalue weighted by molar-refractivity contribution is 5.89. The smallest absolute Gasteiger partial charge is 0.202 e. The number of hydrogen-bond acceptors (Lipinski definition) is 5. The first-order valence-corrected chi connectivity index (χ1v) is 8.37. The van der Waals surface area contributed by atoms with E-state index in [9.17, 15) is 4.39 Å². The third-order valence-electron chi connectivity index (χ3n) is 4.35. The van der Waals surface area contributed by atoms with Crippen molar-refractivity contribution in [2.75, 3.05) is 32.8 Å². The van der Waals surface area contributed by atoms with Crippen molar-refractivity contribution >= 4 is 11.7 Å². The number of ether oxygens (including phenoxy) is 1. The van der Waals surface area contributed by atoms with Crippen molar-refractivity contribution in [2.45, 2.75) is 0 Å². The summed E-state index contributed by atoms with van der Waals surface area (Å²) in [4.78, 5) is 13.4. The number of nitrogens with zero attached hydrogens (tertiary/aromatic N) is 4. The lowest BCUT2D eigenvalue weighted by atomic mass is 10.2. The van der Waals surface area contributed by atoms with Gasteiger partial charge in [0.2, 0.25) is 5.96 Å². The van der Waals surface area contributed by atoms with Crippen molar-refractivity contribution < 1.29 is 9.13 Å². The van der Waals surface area contributed by atoms with Crippen LogP contribution >= 0.6 is 0 Å². The fourth-order valence-electron chi connectivity index (χ4n) is 3.03. The summed E-state index contributed by atoms with van der Waals surface area (Å²) >= 11 is 0. The second kappa shape index (κ2) is 6.93. The fraction of sp³-hybridized carbons (Fsp3) is 0.263. The molecule has 1 saturated heterocycles. The van der Waals surface area contributed by atoms with E-state index in [0.29, 0.717) is 12.4 Å². The number of fused-ring (bicyclic) bond motifs is 1. The summed E-state index contributed by atoms with van der Waals surface area (Å²) < 4.78 is 18.6. The van der Waals surface area contributed by atoms with Gasteiger partial charge in [-0.2, -0.15) is 0 Å². The fourth-order valence-corrected chi connectivity index (χ4v) is 3.03. The summed E-state index contributed by atoms with van der Waals surface area (Å²) in [6, 6.07) is 10.1. The van der Waals surface area contributed by atoms with E-state index in [2.05, 4.69) is 20.9 Å². The van der Waals surface area contributed by atoms with Crippen LogP contribution in [0.25, 0.3) is 5.70 Å². The third kappa shape index (κ3) is 3.47. The number of pyridine rings is 1. The minimum absolute atomic E-state index is 0.255. The van der Waals surface area contributed by atoms with Gasteiger partial charge in [0.1, 0.15) is 18.2 Å². The molecule has 2 aliphatic rings. The highest BCUT2D eigenvalue weighted by Gasteiger charge is 2.28. The average molecular weight is 338 g/mol. The first kappa shape index (κ1) is 15.6. The molecule has 0 amide bonds. The Morgan fingerprint density at radius 2 is 1.84 bits per heavy atom.